The van der Waals surface area contributed by atoms with Crippen molar-refractivity contribution in [2.45, 2.75) is 6.54 Å². The molecule has 2 aromatic carbocycles. The summed E-state index contributed by atoms with van der Waals surface area (Å²) in [5.41, 5.74) is 0.997. The van der Waals surface area contributed by atoms with Crippen molar-refractivity contribution in [1.29, 1.82) is 0 Å². The van der Waals surface area contributed by atoms with Crippen LogP contribution in [0.4, 0.5) is 0 Å². The maximum atomic E-state index is 12.0. The lowest BCUT2D eigenvalue weighted by Crippen LogP contribution is -2.23. The molecule has 0 radical (unpaired) electrons. The van der Waals surface area contributed by atoms with Crippen LogP contribution < -0.4 is 10.1 Å². The first-order valence-corrected chi connectivity index (χ1v) is 6.38. The average molecular weight is 292 g/mol. The highest BCUT2D eigenvalue weighted by atomic mass is 35.5. The maximum absolute atomic E-state index is 12.0. The summed E-state index contributed by atoms with van der Waals surface area (Å²) in [6.07, 6.45) is 0. The Balaban J connectivity index is 2.11. The Labute approximate surface area is 122 Å². The Morgan fingerprint density at radius 3 is 2.80 bits per heavy atom. The zero-order valence-corrected chi connectivity index (χ0v) is 11.6. The van der Waals surface area contributed by atoms with Gasteiger partial charge in [0.05, 0.1) is 12.7 Å². The molecule has 0 fully saturated rings. The lowest BCUT2D eigenvalue weighted by Gasteiger charge is -2.10. The highest BCUT2D eigenvalue weighted by molar-refractivity contribution is 6.31. The summed E-state index contributed by atoms with van der Waals surface area (Å²) < 4.78 is 5.20. The van der Waals surface area contributed by atoms with Gasteiger partial charge in [-0.1, -0.05) is 29.8 Å². The second-order valence-corrected chi connectivity index (χ2v) is 4.59. The largest absolute Gasteiger partial charge is 0.507 e. The molecule has 2 rings (SSSR count). The van der Waals surface area contributed by atoms with Crippen LogP contribution >= 0.6 is 11.6 Å². The van der Waals surface area contributed by atoms with E-state index in [0.717, 1.165) is 5.56 Å². The third-order valence-corrected chi connectivity index (χ3v) is 3.07. The van der Waals surface area contributed by atoms with Gasteiger partial charge in [-0.2, -0.15) is 0 Å². The quantitative estimate of drug-likeness (QED) is 0.910. The second kappa shape index (κ2) is 6.30. The molecule has 0 saturated heterocycles. The van der Waals surface area contributed by atoms with E-state index in [-0.39, 0.29) is 11.3 Å². The van der Waals surface area contributed by atoms with E-state index in [2.05, 4.69) is 5.32 Å². The van der Waals surface area contributed by atoms with Crippen molar-refractivity contribution < 1.29 is 14.6 Å². The van der Waals surface area contributed by atoms with Crippen molar-refractivity contribution in [3.8, 4) is 11.5 Å². The number of nitrogens with one attached hydrogen (secondary N) is 1. The van der Waals surface area contributed by atoms with Gasteiger partial charge in [0.2, 0.25) is 0 Å². The first-order valence-electron chi connectivity index (χ1n) is 6.00. The Morgan fingerprint density at radius 2 is 2.05 bits per heavy atom. The van der Waals surface area contributed by atoms with E-state index in [9.17, 15) is 9.90 Å². The van der Waals surface area contributed by atoms with E-state index in [1.54, 1.807) is 7.11 Å². The number of amides is 1. The van der Waals surface area contributed by atoms with Gasteiger partial charge in [-0.15, -0.1) is 0 Å². The molecule has 104 valence electrons. The first kappa shape index (κ1) is 14.2. The van der Waals surface area contributed by atoms with Crippen LogP contribution in [0.15, 0.2) is 42.5 Å². The van der Waals surface area contributed by atoms with Crippen LogP contribution in [0.25, 0.3) is 0 Å². The molecule has 0 heterocycles. The van der Waals surface area contributed by atoms with Crippen LogP contribution in [0.1, 0.15) is 15.9 Å². The fourth-order valence-electron chi connectivity index (χ4n) is 1.81. The summed E-state index contributed by atoms with van der Waals surface area (Å²) in [5.74, 6) is 0.200. The van der Waals surface area contributed by atoms with Gasteiger partial charge in [-0.3, -0.25) is 4.79 Å². The van der Waals surface area contributed by atoms with Gasteiger partial charge in [0, 0.05) is 17.1 Å². The normalized spacial score (nSPS) is 10.1. The third kappa shape index (κ3) is 3.22. The average Bonchev–Trinajstić information content (AvgIpc) is 2.47. The molecule has 5 heteroatoms. The Hall–Kier alpha value is -2.20. The van der Waals surface area contributed by atoms with E-state index in [0.29, 0.717) is 17.3 Å². The fraction of sp³-hybridized carbons (Fsp3) is 0.133. The standard InChI is InChI=1S/C15H14ClNO3/c1-20-14-5-3-2-4-10(14)9-17-15(19)12-8-11(16)6-7-13(12)18/h2-8,18H,9H2,1H3,(H,17,19). The van der Waals surface area contributed by atoms with Crippen LogP contribution in [0.2, 0.25) is 5.02 Å². The number of para-hydroxylation sites is 1. The molecule has 0 aliphatic heterocycles. The van der Waals surface area contributed by atoms with Gasteiger partial charge in [-0.05, 0) is 24.3 Å². The molecule has 0 spiro atoms. The number of benzene rings is 2. The van der Waals surface area contributed by atoms with Gasteiger partial charge in [0.15, 0.2) is 0 Å². The molecule has 4 nitrogen and oxygen atoms in total. The number of phenols is 1. The predicted molar refractivity (Wildman–Crippen MR) is 77.3 cm³/mol. The molecule has 0 atom stereocenters. The van der Waals surface area contributed by atoms with Crippen molar-refractivity contribution in [2.75, 3.05) is 7.11 Å². The molecular weight excluding hydrogens is 278 g/mol. The molecular formula is C15H14ClNO3. The topological polar surface area (TPSA) is 58.6 Å². The highest BCUT2D eigenvalue weighted by Crippen LogP contribution is 2.22. The Kier molecular flexibility index (Phi) is 4.48. The van der Waals surface area contributed by atoms with E-state index in [1.807, 2.05) is 24.3 Å². The summed E-state index contributed by atoms with van der Waals surface area (Å²) in [6.45, 7) is 0.300. The van der Waals surface area contributed by atoms with Gasteiger partial charge < -0.3 is 15.2 Å². The van der Waals surface area contributed by atoms with Gasteiger partial charge >= 0.3 is 0 Å². The molecule has 2 N–H and O–H groups in total. The number of phenolic OH excluding ortho intramolecular Hbond substituents is 1. The number of carbonyl (C=O) groups excluding carboxylic acids is 1. The summed E-state index contributed by atoms with van der Waals surface area (Å²) in [7, 11) is 1.57. The summed E-state index contributed by atoms with van der Waals surface area (Å²) in [5, 5.41) is 12.8. The van der Waals surface area contributed by atoms with E-state index in [1.165, 1.54) is 18.2 Å². The lowest BCUT2D eigenvalue weighted by molar-refractivity contribution is 0.0948. The van der Waals surface area contributed by atoms with E-state index in [4.69, 9.17) is 16.3 Å². The molecule has 1 amide bonds. The summed E-state index contributed by atoms with van der Waals surface area (Å²) in [6, 6.07) is 11.7. The number of ether oxygens (including phenoxy) is 1. The van der Waals surface area contributed by atoms with Crippen LogP contribution in [0.5, 0.6) is 11.5 Å². The van der Waals surface area contributed by atoms with Gasteiger partial charge in [0.1, 0.15) is 11.5 Å². The van der Waals surface area contributed by atoms with Crippen LogP contribution in [-0.4, -0.2) is 18.1 Å². The molecule has 0 aliphatic carbocycles. The molecule has 0 aromatic heterocycles. The SMILES string of the molecule is COc1ccccc1CNC(=O)c1cc(Cl)ccc1O. The van der Waals surface area contributed by atoms with Crippen molar-refractivity contribution in [3.63, 3.8) is 0 Å². The first-order chi connectivity index (χ1) is 9.61. The highest BCUT2D eigenvalue weighted by Gasteiger charge is 2.12. The van der Waals surface area contributed by atoms with Crippen molar-refractivity contribution in [2.24, 2.45) is 0 Å². The molecule has 20 heavy (non-hydrogen) atoms. The summed E-state index contributed by atoms with van der Waals surface area (Å²) >= 11 is 5.81. The molecule has 2 aromatic rings. The minimum Gasteiger partial charge on any atom is -0.507 e. The number of hydrogen-bond acceptors (Lipinski definition) is 3. The van der Waals surface area contributed by atoms with E-state index < -0.39 is 5.91 Å². The van der Waals surface area contributed by atoms with Gasteiger partial charge in [-0.25, -0.2) is 0 Å². The number of methoxy groups -OCH3 is 1. The molecule has 0 unspecified atom stereocenters. The molecule has 0 bridgehead atoms. The molecule has 0 aliphatic rings. The minimum absolute atomic E-state index is 0.105. The van der Waals surface area contributed by atoms with Crippen molar-refractivity contribution >= 4 is 17.5 Å². The van der Waals surface area contributed by atoms with Gasteiger partial charge in [0.25, 0.3) is 5.91 Å². The minimum atomic E-state index is -0.393. The number of halogens is 1. The Morgan fingerprint density at radius 1 is 1.30 bits per heavy atom. The van der Waals surface area contributed by atoms with Crippen LogP contribution in [-0.2, 0) is 6.54 Å². The summed E-state index contributed by atoms with van der Waals surface area (Å²) in [4.78, 5) is 12.0. The number of rotatable bonds is 4. The van der Waals surface area contributed by atoms with Crippen LogP contribution in [0.3, 0.4) is 0 Å². The van der Waals surface area contributed by atoms with E-state index >= 15 is 0 Å². The zero-order valence-electron chi connectivity index (χ0n) is 10.9. The number of aromatic hydroxyl groups is 1. The second-order valence-electron chi connectivity index (χ2n) is 4.16. The fourth-order valence-corrected chi connectivity index (χ4v) is 1.98. The van der Waals surface area contributed by atoms with Crippen molar-refractivity contribution in [1.82, 2.24) is 5.32 Å². The lowest BCUT2D eigenvalue weighted by atomic mass is 10.1. The smallest absolute Gasteiger partial charge is 0.255 e. The number of carbonyl (C=O) groups is 1. The van der Waals surface area contributed by atoms with Crippen molar-refractivity contribution in [3.05, 3.63) is 58.6 Å². The Bertz CT molecular complexity index is 628. The monoisotopic (exact) mass is 291 g/mol. The predicted octanol–water partition coefficient (Wildman–Crippen LogP) is 2.98. The third-order valence-electron chi connectivity index (χ3n) is 2.84. The molecule has 0 saturated carbocycles. The van der Waals surface area contributed by atoms with Crippen LogP contribution in [0, 0.1) is 0 Å². The maximum Gasteiger partial charge on any atom is 0.255 e. The zero-order chi connectivity index (χ0) is 14.5. The number of hydrogen-bond donors (Lipinski definition) is 2.